The smallest absolute Gasteiger partial charge is 0.254 e. The molecular formula is C24H24N6O. The Morgan fingerprint density at radius 1 is 1.00 bits per heavy atom. The number of aryl methyl sites for hydroxylation is 1. The number of anilines is 1. The van der Waals surface area contributed by atoms with Crippen molar-refractivity contribution in [1.29, 1.82) is 0 Å². The van der Waals surface area contributed by atoms with E-state index in [0.29, 0.717) is 24.3 Å². The minimum absolute atomic E-state index is 0.0370. The highest BCUT2D eigenvalue weighted by Crippen LogP contribution is 2.23. The number of hydrogen-bond donors (Lipinski definition) is 0. The van der Waals surface area contributed by atoms with Gasteiger partial charge in [-0.05, 0) is 61.9 Å². The molecule has 1 aliphatic heterocycles. The Morgan fingerprint density at radius 2 is 1.84 bits per heavy atom. The van der Waals surface area contributed by atoms with Gasteiger partial charge in [-0.15, -0.1) is 5.10 Å². The second-order valence-corrected chi connectivity index (χ2v) is 8.03. The topological polar surface area (TPSA) is 67.2 Å². The number of piperazine rings is 1. The molecule has 1 atom stereocenters. The number of carbonyl (C=O) groups is 1. The highest BCUT2D eigenvalue weighted by atomic mass is 16.2. The molecule has 3 heterocycles. The average molecular weight is 412 g/mol. The number of rotatable bonds is 3. The van der Waals surface area contributed by atoms with E-state index >= 15 is 0 Å². The summed E-state index contributed by atoms with van der Waals surface area (Å²) in [5, 5.41) is 8.38. The molecule has 7 heteroatoms. The normalized spacial score (nSPS) is 16.6. The highest BCUT2D eigenvalue weighted by molar-refractivity contribution is 5.95. The van der Waals surface area contributed by atoms with Gasteiger partial charge in [-0.2, -0.15) is 4.68 Å². The molecule has 5 rings (SSSR count). The molecule has 7 nitrogen and oxygen atoms in total. The van der Waals surface area contributed by atoms with Gasteiger partial charge in [0, 0.05) is 43.1 Å². The number of aromatic nitrogens is 4. The molecule has 0 radical (unpaired) electrons. The van der Waals surface area contributed by atoms with Crippen molar-refractivity contribution in [2.45, 2.75) is 19.9 Å². The number of benzene rings is 2. The lowest BCUT2D eigenvalue weighted by Crippen LogP contribution is -2.53. The molecule has 31 heavy (non-hydrogen) atoms. The summed E-state index contributed by atoms with van der Waals surface area (Å²) in [4.78, 5) is 22.0. The second-order valence-electron chi connectivity index (χ2n) is 8.03. The fourth-order valence-corrected chi connectivity index (χ4v) is 4.22. The lowest BCUT2D eigenvalue weighted by atomic mass is 10.1. The maximum absolute atomic E-state index is 13.3. The summed E-state index contributed by atoms with van der Waals surface area (Å²) in [6, 6.07) is 20.0. The van der Waals surface area contributed by atoms with Crippen LogP contribution in [0.3, 0.4) is 0 Å². The van der Waals surface area contributed by atoms with Gasteiger partial charge in [-0.3, -0.25) is 4.79 Å². The lowest BCUT2D eigenvalue weighted by Gasteiger charge is -2.41. The zero-order valence-corrected chi connectivity index (χ0v) is 17.6. The molecule has 0 saturated carbocycles. The summed E-state index contributed by atoms with van der Waals surface area (Å²) in [5.74, 6) is 0.0370. The molecule has 0 N–H and O–H groups in total. The standard InChI is InChI=1S/C24H24N6O/c1-17-6-3-8-20(14-17)29-13-12-28(16-18(29)2)24(31)19-7-4-9-21(15-19)30-23-22(26-27-30)10-5-11-25-23/h3-11,14-15,18H,12-13,16H2,1-2H3/t18-/m1/s1. The van der Waals surface area contributed by atoms with Crippen LogP contribution in [-0.2, 0) is 0 Å². The molecule has 0 aliphatic carbocycles. The predicted molar refractivity (Wildman–Crippen MR) is 121 cm³/mol. The van der Waals surface area contributed by atoms with Gasteiger partial charge in [0.15, 0.2) is 5.65 Å². The Balaban J connectivity index is 1.36. The molecule has 4 aromatic rings. The van der Waals surface area contributed by atoms with Gasteiger partial charge < -0.3 is 9.80 Å². The molecule has 0 bridgehead atoms. The Bertz CT molecular complexity index is 1250. The molecule has 0 unspecified atom stereocenters. The van der Waals surface area contributed by atoms with Crippen molar-refractivity contribution < 1.29 is 4.79 Å². The molecule has 2 aromatic heterocycles. The van der Waals surface area contributed by atoms with Crippen molar-refractivity contribution in [1.82, 2.24) is 24.9 Å². The van der Waals surface area contributed by atoms with Crippen molar-refractivity contribution in [3.05, 3.63) is 78.0 Å². The van der Waals surface area contributed by atoms with Crippen LogP contribution in [-0.4, -0.2) is 56.5 Å². The largest absolute Gasteiger partial charge is 0.365 e. The molecule has 1 saturated heterocycles. The van der Waals surface area contributed by atoms with E-state index in [1.165, 1.54) is 11.3 Å². The first kappa shape index (κ1) is 19.2. The average Bonchev–Trinajstić information content (AvgIpc) is 3.23. The summed E-state index contributed by atoms with van der Waals surface area (Å²) >= 11 is 0. The zero-order valence-electron chi connectivity index (χ0n) is 17.6. The Hall–Kier alpha value is -3.74. The van der Waals surface area contributed by atoms with E-state index in [4.69, 9.17) is 0 Å². The van der Waals surface area contributed by atoms with E-state index in [1.54, 1.807) is 10.9 Å². The quantitative estimate of drug-likeness (QED) is 0.515. The van der Waals surface area contributed by atoms with Crippen LogP contribution >= 0.6 is 0 Å². The third kappa shape index (κ3) is 3.63. The van der Waals surface area contributed by atoms with Crippen molar-refractivity contribution in [3.63, 3.8) is 0 Å². The summed E-state index contributed by atoms with van der Waals surface area (Å²) in [6.07, 6.45) is 1.71. The van der Waals surface area contributed by atoms with Crippen molar-refractivity contribution in [3.8, 4) is 5.69 Å². The number of fused-ring (bicyclic) bond motifs is 1. The van der Waals surface area contributed by atoms with Crippen molar-refractivity contribution in [2.75, 3.05) is 24.5 Å². The highest BCUT2D eigenvalue weighted by Gasteiger charge is 2.27. The molecule has 1 fully saturated rings. The minimum Gasteiger partial charge on any atom is -0.365 e. The third-order valence-corrected chi connectivity index (χ3v) is 5.79. The lowest BCUT2D eigenvalue weighted by molar-refractivity contribution is 0.0726. The van der Waals surface area contributed by atoms with Crippen molar-refractivity contribution >= 4 is 22.8 Å². The SMILES string of the molecule is Cc1cccc(N2CCN(C(=O)c3cccc(-n4nnc5cccnc54)c3)C[C@H]2C)c1. The third-order valence-electron chi connectivity index (χ3n) is 5.79. The molecule has 1 amide bonds. The molecule has 0 spiro atoms. The van der Waals surface area contributed by atoms with Crippen molar-refractivity contribution in [2.24, 2.45) is 0 Å². The monoisotopic (exact) mass is 412 g/mol. The number of amides is 1. The Kier molecular flexibility index (Phi) is 4.86. The van der Waals surface area contributed by atoms with Gasteiger partial charge in [0.1, 0.15) is 5.52 Å². The van der Waals surface area contributed by atoms with Crippen LogP contribution in [0.25, 0.3) is 16.9 Å². The van der Waals surface area contributed by atoms with E-state index in [0.717, 1.165) is 17.7 Å². The van der Waals surface area contributed by atoms with Crippen LogP contribution in [0.2, 0.25) is 0 Å². The van der Waals surface area contributed by atoms with Crippen LogP contribution in [0.5, 0.6) is 0 Å². The fraction of sp³-hybridized carbons (Fsp3) is 0.250. The van der Waals surface area contributed by atoms with Crippen LogP contribution < -0.4 is 4.90 Å². The molecule has 156 valence electrons. The summed E-state index contributed by atoms with van der Waals surface area (Å²) < 4.78 is 1.67. The first-order valence-corrected chi connectivity index (χ1v) is 10.5. The van der Waals surface area contributed by atoms with E-state index < -0.39 is 0 Å². The van der Waals surface area contributed by atoms with Crippen LogP contribution in [0.4, 0.5) is 5.69 Å². The van der Waals surface area contributed by atoms with E-state index in [-0.39, 0.29) is 11.9 Å². The number of carbonyl (C=O) groups excluding carboxylic acids is 1. The predicted octanol–water partition coefficient (Wildman–Crippen LogP) is 3.47. The van der Waals surface area contributed by atoms with Gasteiger partial charge in [-0.25, -0.2) is 4.98 Å². The zero-order chi connectivity index (χ0) is 21.4. The maximum atomic E-state index is 13.3. The summed E-state index contributed by atoms with van der Waals surface area (Å²) in [5.41, 5.74) is 5.28. The van der Waals surface area contributed by atoms with Crippen LogP contribution in [0, 0.1) is 6.92 Å². The first-order chi connectivity index (χ1) is 15.1. The fourth-order valence-electron chi connectivity index (χ4n) is 4.22. The second kappa shape index (κ2) is 7.83. The number of nitrogens with zero attached hydrogens (tertiary/aromatic N) is 6. The van der Waals surface area contributed by atoms with E-state index in [2.05, 4.69) is 58.3 Å². The van der Waals surface area contributed by atoms with Gasteiger partial charge in [0.2, 0.25) is 0 Å². The van der Waals surface area contributed by atoms with Crippen LogP contribution in [0.1, 0.15) is 22.8 Å². The maximum Gasteiger partial charge on any atom is 0.254 e. The number of hydrogen-bond acceptors (Lipinski definition) is 5. The Morgan fingerprint density at radius 3 is 2.68 bits per heavy atom. The first-order valence-electron chi connectivity index (χ1n) is 10.5. The van der Waals surface area contributed by atoms with E-state index in [1.807, 2.05) is 41.3 Å². The summed E-state index contributed by atoms with van der Waals surface area (Å²) in [6.45, 7) is 6.47. The number of pyridine rings is 1. The Labute approximate surface area is 180 Å². The van der Waals surface area contributed by atoms with Crippen LogP contribution in [0.15, 0.2) is 66.9 Å². The minimum atomic E-state index is 0.0370. The molecule has 2 aromatic carbocycles. The van der Waals surface area contributed by atoms with Gasteiger partial charge in [-0.1, -0.05) is 23.4 Å². The van der Waals surface area contributed by atoms with E-state index in [9.17, 15) is 4.79 Å². The summed E-state index contributed by atoms with van der Waals surface area (Å²) in [7, 11) is 0. The molecule has 1 aliphatic rings. The molecular weight excluding hydrogens is 388 g/mol. The van der Waals surface area contributed by atoms with Gasteiger partial charge in [0.25, 0.3) is 5.91 Å². The van der Waals surface area contributed by atoms with Gasteiger partial charge in [0.05, 0.1) is 5.69 Å². The van der Waals surface area contributed by atoms with Gasteiger partial charge >= 0.3 is 0 Å².